The lowest BCUT2D eigenvalue weighted by Gasteiger charge is -2.11. The number of hydrogen-bond donors (Lipinski definition) is 1. The van der Waals surface area contributed by atoms with Crippen LogP contribution in [0.1, 0.15) is 10.4 Å². The number of rotatable bonds is 7. The Labute approximate surface area is 184 Å². The summed E-state index contributed by atoms with van der Waals surface area (Å²) in [5.41, 5.74) is 2.53. The van der Waals surface area contributed by atoms with Crippen LogP contribution in [0.4, 0.5) is 0 Å². The van der Waals surface area contributed by atoms with Crippen LogP contribution in [0.5, 0.6) is 23.0 Å². The summed E-state index contributed by atoms with van der Waals surface area (Å²) in [6, 6.07) is 15.9. The maximum Gasteiger partial charge on any atom is 0.336 e. The molecule has 164 valence electrons. The highest BCUT2D eigenvalue weighted by atomic mass is 16.5. The number of hydrogen-bond acceptors (Lipinski definition) is 6. The van der Waals surface area contributed by atoms with Crippen molar-refractivity contribution in [2.75, 3.05) is 28.4 Å². The van der Waals surface area contributed by atoms with Gasteiger partial charge in [-0.3, -0.25) is 0 Å². The molecule has 3 aromatic carbocycles. The second kappa shape index (κ2) is 8.55. The van der Waals surface area contributed by atoms with Crippen LogP contribution in [0.15, 0.2) is 59.0 Å². The number of carbonyl (C=O) groups is 1. The topological polar surface area (TPSA) is 87.4 Å². The van der Waals surface area contributed by atoms with Crippen molar-refractivity contribution in [2.45, 2.75) is 0 Å². The quantitative estimate of drug-likeness (QED) is 0.411. The number of fused-ring (bicyclic) bond motifs is 1. The Bertz CT molecular complexity index is 1260. The highest BCUT2D eigenvalue weighted by molar-refractivity contribution is 6.12. The third kappa shape index (κ3) is 3.69. The summed E-state index contributed by atoms with van der Waals surface area (Å²) in [5, 5.41) is 10.4. The van der Waals surface area contributed by atoms with Crippen molar-refractivity contribution in [1.82, 2.24) is 0 Å². The average molecular weight is 434 g/mol. The molecule has 0 atom stereocenters. The zero-order valence-electron chi connectivity index (χ0n) is 18.1. The van der Waals surface area contributed by atoms with E-state index in [9.17, 15) is 9.90 Å². The van der Waals surface area contributed by atoms with Crippen LogP contribution in [0.3, 0.4) is 0 Å². The van der Waals surface area contributed by atoms with Gasteiger partial charge in [0.25, 0.3) is 0 Å². The van der Waals surface area contributed by atoms with Crippen molar-refractivity contribution < 1.29 is 33.3 Å². The SMILES string of the molecule is COc1ccc(-c2oc3cc(OC)cc(C(=O)O)c3c2-c2cc(OC)cc(OC)c2)cc1. The Morgan fingerprint density at radius 3 is 1.81 bits per heavy atom. The molecule has 1 aromatic heterocycles. The summed E-state index contributed by atoms with van der Waals surface area (Å²) < 4.78 is 27.7. The number of methoxy groups -OCH3 is 4. The van der Waals surface area contributed by atoms with Gasteiger partial charge in [0.05, 0.1) is 34.0 Å². The van der Waals surface area contributed by atoms with E-state index in [0.29, 0.717) is 50.9 Å². The Morgan fingerprint density at radius 2 is 1.28 bits per heavy atom. The lowest BCUT2D eigenvalue weighted by molar-refractivity contribution is 0.0698. The first-order valence-corrected chi connectivity index (χ1v) is 9.74. The molecule has 0 unspecified atom stereocenters. The second-order valence-corrected chi connectivity index (χ2v) is 6.99. The van der Waals surface area contributed by atoms with Gasteiger partial charge in [0.1, 0.15) is 34.3 Å². The van der Waals surface area contributed by atoms with Gasteiger partial charge in [-0.15, -0.1) is 0 Å². The van der Waals surface area contributed by atoms with Crippen molar-refractivity contribution in [3.05, 3.63) is 60.2 Å². The molecule has 0 amide bonds. The van der Waals surface area contributed by atoms with E-state index < -0.39 is 5.97 Å². The smallest absolute Gasteiger partial charge is 0.336 e. The molecule has 0 aliphatic rings. The number of ether oxygens (including phenoxy) is 4. The minimum Gasteiger partial charge on any atom is -0.497 e. The fourth-order valence-corrected chi connectivity index (χ4v) is 3.66. The molecule has 4 rings (SSSR count). The van der Waals surface area contributed by atoms with Crippen molar-refractivity contribution in [2.24, 2.45) is 0 Å². The van der Waals surface area contributed by atoms with Gasteiger partial charge in [-0.25, -0.2) is 4.79 Å². The number of furan rings is 1. The highest BCUT2D eigenvalue weighted by Crippen LogP contribution is 2.45. The molecule has 7 nitrogen and oxygen atoms in total. The van der Waals surface area contributed by atoms with Crippen LogP contribution in [0, 0.1) is 0 Å². The van der Waals surface area contributed by atoms with E-state index in [1.807, 2.05) is 36.4 Å². The lowest BCUT2D eigenvalue weighted by Crippen LogP contribution is -1.99. The first-order valence-electron chi connectivity index (χ1n) is 9.74. The molecular weight excluding hydrogens is 412 g/mol. The summed E-state index contributed by atoms with van der Waals surface area (Å²) in [6.07, 6.45) is 0. The van der Waals surface area contributed by atoms with E-state index in [2.05, 4.69) is 0 Å². The zero-order valence-corrected chi connectivity index (χ0v) is 18.1. The largest absolute Gasteiger partial charge is 0.497 e. The van der Waals surface area contributed by atoms with Crippen LogP contribution in [-0.2, 0) is 0 Å². The van der Waals surface area contributed by atoms with Crippen LogP contribution in [-0.4, -0.2) is 39.5 Å². The van der Waals surface area contributed by atoms with Gasteiger partial charge in [0, 0.05) is 28.6 Å². The Morgan fingerprint density at radius 1 is 0.719 bits per heavy atom. The van der Waals surface area contributed by atoms with E-state index in [1.165, 1.54) is 13.2 Å². The van der Waals surface area contributed by atoms with Gasteiger partial charge in [-0.05, 0) is 48.0 Å². The van der Waals surface area contributed by atoms with E-state index in [1.54, 1.807) is 33.5 Å². The van der Waals surface area contributed by atoms with Crippen LogP contribution < -0.4 is 18.9 Å². The summed E-state index contributed by atoms with van der Waals surface area (Å²) in [6.45, 7) is 0. The number of aromatic carboxylic acids is 1. The minimum absolute atomic E-state index is 0.0691. The molecule has 32 heavy (non-hydrogen) atoms. The maximum absolute atomic E-state index is 12.2. The monoisotopic (exact) mass is 434 g/mol. The number of carboxylic acid groups (broad SMARTS) is 1. The second-order valence-electron chi connectivity index (χ2n) is 6.99. The first-order chi connectivity index (χ1) is 15.5. The fourth-order valence-electron chi connectivity index (χ4n) is 3.66. The Hall–Kier alpha value is -4.13. The number of benzene rings is 3. The molecule has 1 heterocycles. The molecule has 7 heteroatoms. The Kier molecular flexibility index (Phi) is 5.64. The molecule has 0 radical (unpaired) electrons. The van der Waals surface area contributed by atoms with E-state index in [0.717, 1.165) is 5.56 Å². The first kappa shape index (κ1) is 21.1. The predicted octanol–water partition coefficient (Wildman–Crippen LogP) is 5.50. The highest BCUT2D eigenvalue weighted by Gasteiger charge is 2.25. The summed E-state index contributed by atoms with van der Waals surface area (Å²) in [7, 11) is 6.19. The molecule has 0 aliphatic carbocycles. The minimum atomic E-state index is -1.09. The maximum atomic E-state index is 12.2. The van der Waals surface area contributed by atoms with Crippen molar-refractivity contribution in [3.63, 3.8) is 0 Å². The normalized spacial score (nSPS) is 10.8. The van der Waals surface area contributed by atoms with Gasteiger partial charge >= 0.3 is 5.97 Å². The molecule has 0 saturated heterocycles. The van der Waals surface area contributed by atoms with E-state index in [4.69, 9.17) is 23.4 Å². The van der Waals surface area contributed by atoms with Gasteiger partial charge in [0.2, 0.25) is 0 Å². The molecule has 0 bridgehead atoms. The lowest BCUT2D eigenvalue weighted by atomic mass is 9.95. The van der Waals surface area contributed by atoms with Gasteiger partial charge in [0.15, 0.2) is 0 Å². The molecule has 0 spiro atoms. The van der Waals surface area contributed by atoms with Crippen LogP contribution in [0.25, 0.3) is 33.4 Å². The fraction of sp³-hybridized carbons (Fsp3) is 0.160. The standard InChI is InChI=1S/C25H22O7/c1-28-16-7-5-14(6-8-16)24-22(15-9-17(29-2)11-18(10-15)30-3)23-20(25(26)27)12-19(31-4)13-21(23)32-24/h5-13H,1-4H3,(H,26,27). The van der Waals surface area contributed by atoms with Crippen LogP contribution in [0.2, 0.25) is 0 Å². The third-order valence-electron chi connectivity index (χ3n) is 5.22. The summed E-state index contributed by atoms with van der Waals surface area (Å²) in [4.78, 5) is 12.2. The third-order valence-corrected chi connectivity index (χ3v) is 5.22. The van der Waals surface area contributed by atoms with E-state index >= 15 is 0 Å². The van der Waals surface area contributed by atoms with Crippen molar-refractivity contribution >= 4 is 16.9 Å². The van der Waals surface area contributed by atoms with Gasteiger partial charge in [-0.1, -0.05) is 0 Å². The molecule has 1 N–H and O–H groups in total. The Balaban J connectivity index is 2.11. The van der Waals surface area contributed by atoms with Gasteiger partial charge < -0.3 is 28.5 Å². The van der Waals surface area contributed by atoms with Crippen LogP contribution >= 0.6 is 0 Å². The molecule has 0 saturated carbocycles. The number of carboxylic acids is 1. The predicted molar refractivity (Wildman–Crippen MR) is 120 cm³/mol. The van der Waals surface area contributed by atoms with Crippen molar-refractivity contribution in [1.29, 1.82) is 0 Å². The van der Waals surface area contributed by atoms with Crippen molar-refractivity contribution in [3.8, 4) is 45.4 Å². The zero-order chi connectivity index (χ0) is 22.8. The summed E-state index contributed by atoms with van der Waals surface area (Å²) >= 11 is 0. The summed E-state index contributed by atoms with van der Waals surface area (Å²) in [5.74, 6) is 1.64. The van der Waals surface area contributed by atoms with Gasteiger partial charge in [-0.2, -0.15) is 0 Å². The molecule has 0 aliphatic heterocycles. The van der Waals surface area contributed by atoms with E-state index in [-0.39, 0.29) is 5.56 Å². The molecule has 4 aromatic rings. The average Bonchev–Trinajstić information content (AvgIpc) is 3.22. The molecular formula is C25H22O7. The molecule has 0 fully saturated rings.